The zero-order chi connectivity index (χ0) is 17.0. The molecule has 0 bridgehead atoms. The van der Waals surface area contributed by atoms with Crippen molar-refractivity contribution in [3.8, 4) is 0 Å². The molecule has 0 atom stereocenters. The summed E-state index contributed by atoms with van der Waals surface area (Å²) in [5.41, 5.74) is 0. The molecule has 0 heterocycles. The molecule has 0 amide bonds. The van der Waals surface area contributed by atoms with Crippen LogP contribution in [0.15, 0.2) is 0 Å². The Morgan fingerprint density at radius 2 is 0.682 bits per heavy atom. The molecule has 0 saturated carbocycles. The van der Waals surface area contributed by atoms with E-state index in [0.29, 0.717) is 0 Å². The largest absolute Gasteiger partial charge is 1.00 e. The average Bonchev–Trinajstić information content (AvgIpc) is 1.97. The Morgan fingerprint density at radius 1 is 0.682 bits per heavy atom. The third-order valence-electron chi connectivity index (χ3n) is 0. The second-order valence-corrected chi connectivity index (χ2v) is 2.58. The van der Waals surface area contributed by atoms with Crippen molar-refractivity contribution in [1.82, 2.24) is 12.3 Å². The van der Waals surface area contributed by atoms with E-state index in [4.69, 9.17) is 39.6 Å². The molecule has 0 spiro atoms. The fourth-order valence-electron chi connectivity index (χ4n) is 0. The minimum Gasteiger partial charge on any atom is -0.481 e. The zero-order valence-electron chi connectivity index (χ0n) is 14.3. The Labute approximate surface area is 153 Å². The number of carboxylic acid groups (broad SMARTS) is 4. The maximum atomic E-state index is 9.00. The maximum absolute atomic E-state index is 9.00. The topological polar surface area (TPSA) is 219 Å². The van der Waals surface area contributed by atoms with Gasteiger partial charge in [0.1, 0.15) is 0 Å². The van der Waals surface area contributed by atoms with Crippen molar-refractivity contribution in [2.45, 2.75) is 41.0 Å². The normalized spacial score (nSPS) is 5.36. The summed E-state index contributed by atoms with van der Waals surface area (Å²) < 4.78 is 0. The SMILES string of the molecule is CC(=O)O.CC(=O)O.CC(=O)O.CC(=O)O.N.N.[CH2-]CC.[Na+]. The van der Waals surface area contributed by atoms with Crippen LogP contribution >= 0.6 is 0 Å². The van der Waals surface area contributed by atoms with Crippen molar-refractivity contribution in [3.63, 3.8) is 0 Å². The van der Waals surface area contributed by atoms with Gasteiger partial charge in [0, 0.05) is 27.7 Å². The number of rotatable bonds is 0. The summed E-state index contributed by atoms with van der Waals surface area (Å²) in [6.45, 7) is 9.83. The summed E-state index contributed by atoms with van der Waals surface area (Å²) in [5.74, 6) is -3.33. The van der Waals surface area contributed by atoms with E-state index >= 15 is 0 Å². The first-order valence-electron chi connectivity index (χ1n) is 4.92. The molecule has 0 aliphatic rings. The van der Waals surface area contributed by atoms with E-state index in [1.807, 2.05) is 6.92 Å². The van der Waals surface area contributed by atoms with Crippen LogP contribution in [0.3, 0.4) is 0 Å². The number of hydrogen-bond donors (Lipinski definition) is 6. The minimum absolute atomic E-state index is 0. The summed E-state index contributed by atoms with van der Waals surface area (Å²) in [5, 5.41) is 29.7. The Balaban J connectivity index is -0.0000000180. The van der Waals surface area contributed by atoms with Crippen molar-refractivity contribution in [2.75, 3.05) is 0 Å². The average molecular weight is 340 g/mol. The monoisotopic (exact) mass is 340 g/mol. The molecule has 0 unspecified atom stereocenters. The Morgan fingerprint density at radius 3 is 0.682 bits per heavy atom. The molecule has 0 aromatic rings. The predicted octanol–water partition coefficient (Wildman–Crippen LogP) is -1.08. The smallest absolute Gasteiger partial charge is 0.481 e. The van der Waals surface area contributed by atoms with Crippen LogP contribution in [-0.2, 0) is 19.2 Å². The first-order valence-corrected chi connectivity index (χ1v) is 4.92. The van der Waals surface area contributed by atoms with E-state index in [1.165, 1.54) is 0 Å². The molecule has 0 aliphatic carbocycles. The number of carboxylic acids is 4. The second-order valence-electron chi connectivity index (χ2n) is 2.58. The van der Waals surface area contributed by atoms with Gasteiger partial charge >= 0.3 is 29.6 Å². The van der Waals surface area contributed by atoms with Gasteiger partial charge in [-0.2, -0.15) is 6.42 Å². The van der Waals surface area contributed by atoms with Gasteiger partial charge in [0.05, 0.1) is 0 Å². The van der Waals surface area contributed by atoms with Gasteiger partial charge in [-0.05, 0) is 0 Å². The van der Waals surface area contributed by atoms with Gasteiger partial charge in [0.25, 0.3) is 23.9 Å². The third kappa shape index (κ3) is 4140. The number of aliphatic carboxylic acids is 4. The molecule has 0 radical (unpaired) electrons. The number of carbonyl (C=O) groups is 4. The fourth-order valence-corrected chi connectivity index (χ4v) is 0. The van der Waals surface area contributed by atoms with Gasteiger partial charge in [-0.25, -0.2) is 0 Å². The molecule has 10 N–H and O–H groups in total. The van der Waals surface area contributed by atoms with E-state index < -0.39 is 23.9 Å². The van der Waals surface area contributed by atoms with Gasteiger partial charge in [0.2, 0.25) is 0 Å². The molecule has 0 aromatic heterocycles. The molecule has 0 aromatic carbocycles. The van der Waals surface area contributed by atoms with E-state index in [2.05, 4.69) is 6.92 Å². The van der Waals surface area contributed by atoms with E-state index in [9.17, 15) is 0 Å². The molecule has 22 heavy (non-hydrogen) atoms. The standard InChI is InChI=1S/C3H7.4C2H4O2.2H3N.Na/c1-3-2;4*1-2(3)4;;;/h1,3H2,2H3;4*1H3,(H,3,4);2*1H3;/q-1;;;;;;;+1. The van der Waals surface area contributed by atoms with Crippen LogP contribution in [0.4, 0.5) is 0 Å². The van der Waals surface area contributed by atoms with Gasteiger partial charge in [0.15, 0.2) is 0 Å². The molecule has 0 rings (SSSR count). The van der Waals surface area contributed by atoms with Crippen molar-refractivity contribution < 1.29 is 69.2 Å². The van der Waals surface area contributed by atoms with Crippen LogP contribution in [0.5, 0.6) is 0 Å². The van der Waals surface area contributed by atoms with Crippen LogP contribution in [-0.4, -0.2) is 44.3 Å². The number of hydrogen-bond acceptors (Lipinski definition) is 6. The Hall–Kier alpha value is -1.20. The molecule has 132 valence electrons. The quantitative estimate of drug-likeness (QED) is 0.231. The van der Waals surface area contributed by atoms with Crippen molar-refractivity contribution in [3.05, 3.63) is 6.92 Å². The first-order chi connectivity index (χ1) is 8.34. The van der Waals surface area contributed by atoms with E-state index in [1.54, 1.807) is 0 Å². The first kappa shape index (κ1) is 49.8. The van der Waals surface area contributed by atoms with Crippen LogP contribution in [0, 0.1) is 6.92 Å². The predicted molar refractivity (Wildman–Crippen MR) is 78.9 cm³/mol. The minimum atomic E-state index is -0.833. The second kappa shape index (κ2) is 50.3. The van der Waals surface area contributed by atoms with Crippen LogP contribution in [0.2, 0.25) is 0 Å². The molecular formula is C11H29N2NaO8. The third-order valence-corrected chi connectivity index (χ3v) is 0. The molecule has 10 nitrogen and oxygen atoms in total. The van der Waals surface area contributed by atoms with Crippen LogP contribution in [0.25, 0.3) is 0 Å². The van der Waals surface area contributed by atoms with Crippen LogP contribution in [0.1, 0.15) is 41.0 Å². The zero-order valence-corrected chi connectivity index (χ0v) is 16.3. The summed E-state index contributed by atoms with van der Waals surface area (Å²) in [6, 6.07) is 0. The summed E-state index contributed by atoms with van der Waals surface area (Å²) >= 11 is 0. The van der Waals surface area contributed by atoms with E-state index in [0.717, 1.165) is 34.1 Å². The summed E-state index contributed by atoms with van der Waals surface area (Å²) in [7, 11) is 0. The van der Waals surface area contributed by atoms with Gasteiger partial charge in [-0.3, -0.25) is 19.2 Å². The molecule has 0 aliphatic heterocycles. The van der Waals surface area contributed by atoms with Crippen LogP contribution < -0.4 is 41.9 Å². The molecular weight excluding hydrogens is 311 g/mol. The molecule has 11 heteroatoms. The fraction of sp³-hybridized carbons (Fsp3) is 0.545. The van der Waals surface area contributed by atoms with E-state index in [-0.39, 0.29) is 41.9 Å². The van der Waals surface area contributed by atoms with Crippen molar-refractivity contribution in [2.24, 2.45) is 0 Å². The van der Waals surface area contributed by atoms with Gasteiger partial charge in [-0.15, -0.1) is 0 Å². The van der Waals surface area contributed by atoms with Crippen molar-refractivity contribution >= 4 is 23.9 Å². The Bertz CT molecular complexity index is 186. The molecule has 0 saturated heterocycles. The van der Waals surface area contributed by atoms with Gasteiger partial charge < -0.3 is 39.7 Å². The maximum Gasteiger partial charge on any atom is 1.00 e. The summed E-state index contributed by atoms with van der Waals surface area (Å²) in [6.07, 6.45) is 1.00. The van der Waals surface area contributed by atoms with Gasteiger partial charge in [-0.1, -0.05) is 6.92 Å². The Kier molecular flexibility index (Phi) is 114. The van der Waals surface area contributed by atoms with Crippen molar-refractivity contribution in [1.29, 1.82) is 0 Å². The molecule has 0 fully saturated rings. The summed E-state index contributed by atoms with van der Waals surface area (Å²) in [4.78, 5) is 36.0.